The molecule has 0 unspecified atom stereocenters. The fraction of sp³-hybridized carbons (Fsp3) is 0.621. The van der Waals surface area contributed by atoms with Crippen LogP contribution in [0.4, 0.5) is 5.82 Å². The van der Waals surface area contributed by atoms with Crippen LogP contribution in [0.5, 0.6) is 0 Å². The molecule has 214 valence electrons. The Labute approximate surface area is 236 Å². The molecule has 8 nitrogen and oxygen atoms in total. The number of esters is 1. The van der Waals surface area contributed by atoms with Gasteiger partial charge in [0.25, 0.3) is 0 Å². The van der Waals surface area contributed by atoms with Gasteiger partial charge in [-0.3, -0.25) is 9.59 Å². The number of anilines is 1. The van der Waals surface area contributed by atoms with Crippen LogP contribution in [0.3, 0.4) is 0 Å². The number of carbonyl (C=O) groups is 2. The van der Waals surface area contributed by atoms with Crippen LogP contribution in [0.2, 0.25) is 0 Å². The maximum atomic E-state index is 13.8. The Kier molecular flexibility index (Phi) is 9.18. The van der Waals surface area contributed by atoms with Crippen molar-refractivity contribution in [2.75, 3.05) is 31.2 Å². The van der Waals surface area contributed by atoms with E-state index in [-0.39, 0.29) is 42.7 Å². The van der Waals surface area contributed by atoms with Crippen LogP contribution in [0.15, 0.2) is 35.4 Å². The van der Waals surface area contributed by atoms with Gasteiger partial charge in [0.05, 0.1) is 9.77 Å². The molecule has 0 aliphatic carbocycles. The Hall–Kier alpha value is -2.30. The first-order valence-electron chi connectivity index (χ1n) is 13.9. The van der Waals surface area contributed by atoms with Crippen molar-refractivity contribution in [1.82, 2.24) is 4.98 Å². The second-order valence-electron chi connectivity index (χ2n) is 11.5. The largest absolute Gasteiger partial charge is 0.459 e. The number of aryl methyl sites for hydroxylation is 1. The zero-order chi connectivity index (χ0) is 28.3. The van der Waals surface area contributed by atoms with Crippen molar-refractivity contribution in [3.05, 3.63) is 40.2 Å². The molecular weight excluding hydrogens is 536 g/mol. The fourth-order valence-electron chi connectivity index (χ4n) is 5.17. The second-order valence-corrected chi connectivity index (χ2v) is 14.9. The Morgan fingerprint density at radius 2 is 1.82 bits per heavy atom. The summed E-state index contributed by atoms with van der Waals surface area (Å²) in [5.74, 6) is 0.134. The molecule has 0 radical (unpaired) electrons. The van der Waals surface area contributed by atoms with Gasteiger partial charge in [0, 0.05) is 56.1 Å². The number of rotatable bonds is 9. The zero-order valence-corrected chi connectivity index (χ0v) is 25.0. The van der Waals surface area contributed by atoms with Crippen molar-refractivity contribution in [3.8, 4) is 0 Å². The number of hydrogen-bond donors (Lipinski definition) is 0. The molecule has 0 N–H and O–H groups in total. The lowest BCUT2D eigenvalue weighted by atomic mass is 9.92. The van der Waals surface area contributed by atoms with Crippen LogP contribution in [0.25, 0.3) is 0 Å². The molecule has 2 aliphatic rings. The highest BCUT2D eigenvalue weighted by Gasteiger charge is 2.54. The zero-order valence-electron chi connectivity index (χ0n) is 23.4. The van der Waals surface area contributed by atoms with Crippen LogP contribution in [0.1, 0.15) is 80.8 Å². The van der Waals surface area contributed by atoms with Gasteiger partial charge in [-0.05, 0) is 70.7 Å². The van der Waals surface area contributed by atoms with E-state index in [1.165, 1.54) is 17.1 Å². The summed E-state index contributed by atoms with van der Waals surface area (Å²) in [4.78, 5) is 34.9. The van der Waals surface area contributed by atoms with Gasteiger partial charge in [-0.15, -0.1) is 11.3 Å². The molecule has 0 spiro atoms. The van der Waals surface area contributed by atoms with Crippen molar-refractivity contribution in [2.24, 2.45) is 5.92 Å². The van der Waals surface area contributed by atoms with Crippen LogP contribution in [-0.4, -0.2) is 61.8 Å². The lowest BCUT2D eigenvalue weighted by Gasteiger charge is -2.36. The van der Waals surface area contributed by atoms with Crippen LogP contribution in [-0.2, 0) is 30.5 Å². The number of ketones is 1. The monoisotopic (exact) mass is 576 g/mol. The van der Waals surface area contributed by atoms with Crippen LogP contribution < -0.4 is 4.90 Å². The first-order valence-corrected chi connectivity index (χ1v) is 16.2. The summed E-state index contributed by atoms with van der Waals surface area (Å²) in [6.45, 7) is 9.02. The van der Waals surface area contributed by atoms with Gasteiger partial charge in [0.15, 0.2) is 20.4 Å². The van der Waals surface area contributed by atoms with Crippen molar-refractivity contribution >= 4 is 38.7 Å². The number of nitrogens with zero attached hydrogens (tertiary/aromatic N) is 2. The maximum absolute atomic E-state index is 13.8. The van der Waals surface area contributed by atoms with Crippen LogP contribution in [0, 0.1) is 5.92 Å². The number of unbranched alkanes of at least 4 members (excludes halogenated alkanes) is 1. The fourth-order valence-corrected chi connectivity index (χ4v) is 8.09. The van der Waals surface area contributed by atoms with Gasteiger partial charge in [0.1, 0.15) is 11.4 Å². The summed E-state index contributed by atoms with van der Waals surface area (Å²) in [6.07, 6.45) is 6.17. The number of hydrogen-bond acceptors (Lipinski definition) is 9. The molecule has 0 aromatic carbocycles. The van der Waals surface area contributed by atoms with E-state index < -0.39 is 26.2 Å². The lowest BCUT2D eigenvalue weighted by molar-refractivity contribution is -0.160. The minimum atomic E-state index is -4.08. The first-order chi connectivity index (χ1) is 18.5. The molecular formula is C29H40N2O6S2. The standard InChI is InChI=1S/C29H40N2O6S2/c1-5-6-7-22-8-10-24(38-22)26(32)21-12-16-31(17-13-21)25-11-9-23(20-30-25)39(34,35)29(14-18-36-19-15-29)27(33)37-28(2,3)4/h8-11,20-21H,5-7,12-19H2,1-4H3. The highest BCUT2D eigenvalue weighted by atomic mass is 32.2. The van der Waals surface area contributed by atoms with E-state index in [2.05, 4.69) is 22.9 Å². The third-order valence-electron chi connectivity index (χ3n) is 7.49. The average Bonchev–Trinajstić information content (AvgIpc) is 3.40. The molecule has 4 rings (SSSR count). The summed E-state index contributed by atoms with van der Waals surface area (Å²) in [5, 5.41) is 0. The molecule has 2 saturated heterocycles. The highest BCUT2D eigenvalue weighted by molar-refractivity contribution is 7.93. The number of piperidine rings is 1. The molecule has 2 aromatic heterocycles. The number of thiophene rings is 1. The molecule has 39 heavy (non-hydrogen) atoms. The Bertz CT molecular complexity index is 1250. The summed E-state index contributed by atoms with van der Waals surface area (Å²) >= 11 is 1.62. The van der Waals surface area contributed by atoms with Gasteiger partial charge < -0.3 is 14.4 Å². The number of aromatic nitrogens is 1. The molecule has 4 heterocycles. The smallest absolute Gasteiger partial charge is 0.328 e. The second kappa shape index (κ2) is 12.1. The van der Waals surface area contributed by atoms with Crippen molar-refractivity contribution in [3.63, 3.8) is 0 Å². The van der Waals surface area contributed by atoms with Gasteiger partial charge in [-0.2, -0.15) is 0 Å². The predicted molar refractivity (Wildman–Crippen MR) is 152 cm³/mol. The minimum Gasteiger partial charge on any atom is -0.459 e. The van der Waals surface area contributed by atoms with Gasteiger partial charge in [0.2, 0.25) is 0 Å². The number of carbonyl (C=O) groups excluding carboxylic acids is 2. The van der Waals surface area contributed by atoms with Gasteiger partial charge >= 0.3 is 5.97 Å². The lowest BCUT2D eigenvalue weighted by Crippen LogP contribution is -2.53. The normalized spacial score (nSPS) is 18.6. The maximum Gasteiger partial charge on any atom is 0.328 e. The molecule has 0 atom stereocenters. The van der Waals surface area contributed by atoms with Gasteiger partial charge in [-0.1, -0.05) is 13.3 Å². The highest BCUT2D eigenvalue weighted by Crippen LogP contribution is 2.37. The average molecular weight is 577 g/mol. The summed E-state index contributed by atoms with van der Waals surface area (Å²) in [7, 11) is -4.08. The Morgan fingerprint density at radius 3 is 2.41 bits per heavy atom. The third kappa shape index (κ3) is 6.55. The number of ether oxygens (including phenoxy) is 2. The molecule has 2 fully saturated rings. The number of pyridine rings is 1. The molecule has 0 bridgehead atoms. The topological polar surface area (TPSA) is 103 Å². The summed E-state index contributed by atoms with van der Waals surface area (Å²) in [5.41, 5.74) is -0.811. The SMILES string of the molecule is CCCCc1ccc(C(=O)C2CCN(c3ccc(S(=O)(=O)C4(C(=O)OC(C)(C)C)CCOCC4)cn3)CC2)s1. The van der Waals surface area contributed by atoms with Gasteiger partial charge in [-0.25, -0.2) is 13.4 Å². The minimum absolute atomic E-state index is 0.000598. The molecule has 10 heteroatoms. The summed E-state index contributed by atoms with van der Waals surface area (Å²) in [6, 6.07) is 7.26. The first kappa shape index (κ1) is 29.7. The number of Topliss-reactive ketones (excluding diaryl/α,β-unsaturated/α-hetero) is 1. The van der Waals surface area contributed by atoms with E-state index in [0.29, 0.717) is 18.9 Å². The quantitative estimate of drug-likeness (QED) is 0.295. The van der Waals surface area contributed by atoms with Crippen molar-refractivity contribution in [2.45, 2.75) is 87.9 Å². The van der Waals surface area contributed by atoms with E-state index in [1.54, 1.807) is 38.2 Å². The van der Waals surface area contributed by atoms with Crippen molar-refractivity contribution in [1.29, 1.82) is 0 Å². The molecule has 2 aliphatic heterocycles. The van der Waals surface area contributed by atoms with E-state index in [0.717, 1.165) is 37.0 Å². The Balaban J connectivity index is 1.43. The summed E-state index contributed by atoms with van der Waals surface area (Å²) < 4.78 is 36.8. The van der Waals surface area contributed by atoms with E-state index in [1.807, 2.05) is 6.07 Å². The molecule has 2 aromatic rings. The third-order valence-corrected chi connectivity index (χ3v) is 11.1. The van der Waals surface area contributed by atoms with Crippen LogP contribution >= 0.6 is 11.3 Å². The van der Waals surface area contributed by atoms with E-state index in [4.69, 9.17) is 9.47 Å². The Morgan fingerprint density at radius 1 is 1.13 bits per heavy atom. The predicted octanol–water partition coefficient (Wildman–Crippen LogP) is 5.25. The van der Waals surface area contributed by atoms with Crippen molar-refractivity contribution < 1.29 is 27.5 Å². The molecule has 0 amide bonds. The van der Waals surface area contributed by atoms with E-state index in [9.17, 15) is 18.0 Å². The number of sulfone groups is 1. The molecule has 0 saturated carbocycles. The van der Waals surface area contributed by atoms with E-state index >= 15 is 0 Å².